The van der Waals surface area contributed by atoms with Crippen LogP contribution >= 0.6 is 11.6 Å². The lowest BCUT2D eigenvalue weighted by molar-refractivity contribution is 0.0445. The van der Waals surface area contributed by atoms with E-state index in [4.69, 9.17) is 30.2 Å². The number of hydrogen-bond donors (Lipinski definition) is 0. The van der Waals surface area contributed by atoms with Gasteiger partial charge in [0, 0.05) is 16.5 Å². The highest BCUT2D eigenvalue weighted by Gasteiger charge is 2.21. The Balaban J connectivity index is 1.75. The first-order valence-corrected chi connectivity index (χ1v) is 8.44. The topological polar surface area (TPSA) is 75.0 Å². The summed E-state index contributed by atoms with van der Waals surface area (Å²) in [6, 6.07) is 9.95. The van der Waals surface area contributed by atoms with E-state index in [-0.39, 0.29) is 11.5 Å². The van der Waals surface area contributed by atoms with E-state index in [1.165, 1.54) is 20.3 Å². The number of ketones is 1. The molecule has 1 heterocycles. The average Bonchev–Trinajstić information content (AvgIpc) is 3.03. The normalized spacial score (nSPS) is 10.7. The van der Waals surface area contributed by atoms with Gasteiger partial charge < -0.3 is 18.6 Å². The molecule has 140 valence electrons. The van der Waals surface area contributed by atoms with Crippen LogP contribution in [0.2, 0.25) is 5.02 Å². The molecule has 1 aromatic heterocycles. The highest BCUT2D eigenvalue weighted by molar-refractivity contribution is 6.35. The fourth-order valence-electron chi connectivity index (χ4n) is 2.69. The first-order chi connectivity index (χ1) is 13.0. The number of esters is 1. The Morgan fingerprint density at radius 1 is 1.07 bits per heavy atom. The first kappa shape index (κ1) is 18.8. The molecule has 0 spiro atoms. The second-order valence-electron chi connectivity index (χ2n) is 5.74. The van der Waals surface area contributed by atoms with Crippen LogP contribution in [0.4, 0.5) is 0 Å². The molecule has 0 atom stereocenters. The van der Waals surface area contributed by atoms with E-state index in [0.29, 0.717) is 33.2 Å². The van der Waals surface area contributed by atoms with Crippen LogP contribution in [0.3, 0.4) is 0 Å². The van der Waals surface area contributed by atoms with Crippen molar-refractivity contribution in [2.75, 3.05) is 20.8 Å². The van der Waals surface area contributed by atoms with Crippen LogP contribution in [-0.4, -0.2) is 32.6 Å². The van der Waals surface area contributed by atoms with Gasteiger partial charge in [0.1, 0.15) is 0 Å². The Kier molecular flexibility index (Phi) is 5.37. The van der Waals surface area contributed by atoms with Crippen molar-refractivity contribution < 1.29 is 28.2 Å². The molecule has 0 amide bonds. The molecule has 0 saturated heterocycles. The van der Waals surface area contributed by atoms with Crippen LogP contribution in [0.15, 0.2) is 40.8 Å². The zero-order valence-corrected chi connectivity index (χ0v) is 15.8. The van der Waals surface area contributed by atoms with Crippen LogP contribution in [0, 0.1) is 6.92 Å². The quantitative estimate of drug-likeness (QED) is 0.458. The molecule has 0 fully saturated rings. The van der Waals surface area contributed by atoms with Crippen molar-refractivity contribution in [3.63, 3.8) is 0 Å². The van der Waals surface area contributed by atoms with E-state index < -0.39 is 12.6 Å². The minimum absolute atomic E-state index is 0.0261. The lowest BCUT2D eigenvalue weighted by atomic mass is 10.1. The fraction of sp³-hybridized carbons (Fsp3) is 0.200. The second kappa shape index (κ2) is 7.72. The highest BCUT2D eigenvalue weighted by Crippen LogP contribution is 2.31. The molecule has 0 aliphatic rings. The summed E-state index contributed by atoms with van der Waals surface area (Å²) >= 11 is 6.09. The molecule has 0 unspecified atom stereocenters. The summed E-state index contributed by atoms with van der Waals surface area (Å²) in [5.41, 5.74) is 1.36. The van der Waals surface area contributed by atoms with Crippen LogP contribution in [-0.2, 0) is 4.74 Å². The molecular formula is C20H17ClO6. The van der Waals surface area contributed by atoms with Gasteiger partial charge in [-0.15, -0.1) is 0 Å². The summed E-state index contributed by atoms with van der Waals surface area (Å²) in [6.07, 6.45) is 0. The molecule has 6 nitrogen and oxygen atoms in total. The van der Waals surface area contributed by atoms with Gasteiger partial charge in [0.2, 0.25) is 5.76 Å². The molecule has 7 heteroatoms. The minimum atomic E-state index is -0.728. The molecule has 0 saturated carbocycles. The van der Waals surface area contributed by atoms with Crippen molar-refractivity contribution in [3.05, 3.63) is 58.3 Å². The van der Waals surface area contributed by atoms with Gasteiger partial charge in [-0.3, -0.25) is 4.79 Å². The smallest absolute Gasteiger partial charge is 0.375 e. The van der Waals surface area contributed by atoms with Crippen molar-refractivity contribution in [2.45, 2.75) is 6.92 Å². The number of rotatable bonds is 6. The average molecular weight is 389 g/mol. The molecule has 2 aromatic carbocycles. The van der Waals surface area contributed by atoms with Gasteiger partial charge in [-0.05, 0) is 31.2 Å². The van der Waals surface area contributed by atoms with Gasteiger partial charge in [0.05, 0.1) is 19.2 Å². The third kappa shape index (κ3) is 3.61. The molecule has 0 bridgehead atoms. The van der Waals surface area contributed by atoms with E-state index in [2.05, 4.69) is 0 Å². The summed E-state index contributed by atoms with van der Waals surface area (Å²) in [7, 11) is 2.98. The molecule has 0 aliphatic heterocycles. The second-order valence-corrected chi connectivity index (χ2v) is 6.15. The molecule has 27 heavy (non-hydrogen) atoms. The molecule has 0 N–H and O–H groups in total. The molecular weight excluding hydrogens is 372 g/mol. The zero-order chi connectivity index (χ0) is 19.6. The van der Waals surface area contributed by atoms with Gasteiger partial charge in [0.15, 0.2) is 29.5 Å². The first-order valence-electron chi connectivity index (χ1n) is 8.06. The van der Waals surface area contributed by atoms with Crippen molar-refractivity contribution in [1.82, 2.24) is 0 Å². The van der Waals surface area contributed by atoms with Crippen LogP contribution in [0.5, 0.6) is 11.5 Å². The third-order valence-corrected chi connectivity index (χ3v) is 4.44. The number of Topliss-reactive ketones (excluding diaryl/α,β-unsaturated/α-hetero) is 1. The number of furan rings is 1. The summed E-state index contributed by atoms with van der Waals surface area (Å²) < 4.78 is 21.0. The van der Waals surface area contributed by atoms with Gasteiger partial charge in [-0.1, -0.05) is 23.7 Å². The van der Waals surface area contributed by atoms with Crippen molar-refractivity contribution in [2.24, 2.45) is 0 Å². The monoisotopic (exact) mass is 388 g/mol. The lowest BCUT2D eigenvalue weighted by Crippen LogP contribution is -2.14. The molecule has 3 aromatic rings. The van der Waals surface area contributed by atoms with Crippen molar-refractivity contribution in [3.8, 4) is 11.5 Å². The highest BCUT2D eigenvalue weighted by atomic mass is 35.5. The third-order valence-electron chi connectivity index (χ3n) is 4.14. The Morgan fingerprint density at radius 3 is 2.48 bits per heavy atom. The van der Waals surface area contributed by atoms with Gasteiger partial charge in [-0.2, -0.15) is 0 Å². The number of halogens is 1. The van der Waals surface area contributed by atoms with Crippen molar-refractivity contribution >= 4 is 34.3 Å². The van der Waals surface area contributed by atoms with E-state index in [1.807, 2.05) is 0 Å². The minimum Gasteiger partial charge on any atom is -0.493 e. The molecule has 0 radical (unpaired) electrons. The predicted molar refractivity (Wildman–Crippen MR) is 100 cm³/mol. The summed E-state index contributed by atoms with van der Waals surface area (Å²) in [4.78, 5) is 24.7. The maximum atomic E-state index is 12.3. The zero-order valence-electron chi connectivity index (χ0n) is 15.0. The Labute approximate surface area is 160 Å². The lowest BCUT2D eigenvalue weighted by Gasteiger charge is -2.09. The van der Waals surface area contributed by atoms with Gasteiger partial charge in [-0.25, -0.2) is 4.79 Å². The maximum Gasteiger partial charge on any atom is 0.375 e. The molecule has 0 aliphatic carbocycles. The predicted octanol–water partition coefficient (Wildman–Crippen LogP) is 4.45. The number of ether oxygens (including phenoxy) is 3. The number of carbonyl (C=O) groups excluding carboxylic acids is 2. The van der Waals surface area contributed by atoms with Crippen LogP contribution < -0.4 is 9.47 Å². The summed E-state index contributed by atoms with van der Waals surface area (Å²) in [6.45, 7) is 1.30. The number of carbonyl (C=O) groups is 2. The van der Waals surface area contributed by atoms with Crippen LogP contribution in [0.25, 0.3) is 11.0 Å². The van der Waals surface area contributed by atoms with E-state index in [0.717, 1.165) is 5.39 Å². The largest absolute Gasteiger partial charge is 0.493 e. The van der Waals surface area contributed by atoms with E-state index >= 15 is 0 Å². The number of benzene rings is 2. The SMILES string of the molecule is COc1ccc(C(=O)COC(=O)c2oc3c(Cl)cccc3c2C)cc1OC. The van der Waals surface area contributed by atoms with E-state index in [1.54, 1.807) is 37.3 Å². The van der Waals surface area contributed by atoms with Gasteiger partial charge in [0.25, 0.3) is 0 Å². The van der Waals surface area contributed by atoms with Gasteiger partial charge >= 0.3 is 5.97 Å². The number of hydrogen-bond acceptors (Lipinski definition) is 6. The number of para-hydroxylation sites is 1. The number of methoxy groups -OCH3 is 2. The Morgan fingerprint density at radius 2 is 1.81 bits per heavy atom. The maximum absolute atomic E-state index is 12.3. The van der Waals surface area contributed by atoms with Crippen molar-refractivity contribution in [1.29, 1.82) is 0 Å². The Bertz CT molecular complexity index is 1020. The van der Waals surface area contributed by atoms with Crippen LogP contribution in [0.1, 0.15) is 26.5 Å². The number of aryl methyl sites for hydroxylation is 1. The summed E-state index contributed by atoms with van der Waals surface area (Å²) in [5.74, 6) is -0.166. The summed E-state index contributed by atoms with van der Waals surface area (Å²) in [5, 5.41) is 1.12. The standard InChI is InChI=1S/C20H17ClO6/c1-11-13-5-4-6-14(21)19(13)27-18(11)20(23)26-10-15(22)12-7-8-16(24-2)17(9-12)25-3/h4-9H,10H2,1-3H3. The fourth-order valence-corrected chi connectivity index (χ4v) is 2.91. The molecule has 3 rings (SSSR count). The van der Waals surface area contributed by atoms with E-state index in [9.17, 15) is 9.59 Å². The number of fused-ring (bicyclic) bond motifs is 1. The Hall–Kier alpha value is -2.99.